The molecule has 0 aliphatic carbocycles. The number of methoxy groups -OCH3 is 1. The van der Waals surface area contributed by atoms with Gasteiger partial charge in [0.2, 0.25) is 0 Å². The Morgan fingerprint density at radius 1 is 1.00 bits per heavy atom. The van der Waals surface area contributed by atoms with E-state index in [1.807, 2.05) is 0 Å². The quantitative estimate of drug-likeness (QED) is 0.801. The van der Waals surface area contributed by atoms with Gasteiger partial charge in [0.1, 0.15) is 11.9 Å². The minimum Gasteiger partial charge on any atom is -0.370 e. The van der Waals surface area contributed by atoms with E-state index in [1.54, 1.807) is 30.3 Å². The summed E-state index contributed by atoms with van der Waals surface area (Å²) < 4.78 is 46.8. The van der Waals surface area contributed by atoms with Gasteiger partial charge < -0.3 is 4.74 Å². The van der Waals surface area contributed by atoms with Crippen LogP contribution >= 0.6 is 0 Å². The van der Waals surface area contributed by atoms with Crippen LogP contribution in [0, 0.1) is 5.82 Å². The Kier molecular flexibility index (Phi) is 3.90. The fraction of sp³-hybridized carbons (Fsp3) is 0.200. The third-order valence-corrected chi connectivity index (χ3v) is 2.88. The van der Waals surface area contributed by atoms with E-state index in [9.17, 15) is 13.2 Å². The Morgan fingerprint density at radius 3 is 2.26 bits per heavy atom. The lowest BCUT2D eigenvalue weighted by molar-refractivity contribution is -0.134. The van der Waals surface area contributed by atoms with Crippen LogP contribution in [0.25, 0.3) is 0 Å². The van der Waals surface area contributed by atoms with E-state index in [0.717, 1.165) is 12.1 Å². The van der Waals surface area contributed by atoms with Crippen molar-refractivity contribution in [2.24, 2.45) is 0 Å². The van der Waals surface area contributed by atoms with Crippen LogP contribution < -0.4 is 0 Å². The molecule has 1 nitrogen and oxygen atoms in total. The molecule has 4 heteroatoms. The highest BCUT2D eigenvalue weighted by Gasteiger charge is 2.42. The SMILES string of the molecule is COC(c1ccccc1)C(F)(F)c1cccc(F)c1. The Hall–Kier alpha value is -1.81. The predicted molar refractivity (Wildman–Crippen MR) is 66.5 cm³/mol. The summed E-state index contributed by atoms with van der Waals surface area (Å²) in [5.74, 6) is -4.00. The van der Waals surface area contributed by atoms with E-state index in [2.05, 4.69) is 0 Å². The standard InChI is InChI=1S/C15H13F3O/c1-19-14(11-6-3-2-4-7-11)15(17,18)12-8-5-9-13(16)10-12/h2-10,14H,1H3. The maximum absolute atomic E-state index is 14.4. The van der Waals surface area contributed by atoms with Gasteiger partial charge in [-0.2, -0.15) is 8.78 Å². The molecule has 0 aliphatic heterocycles. The molecular weight excluding hydrogens is 253 g/mol. The molecular formula is C15H13F3O. The van der Waals surface area contributed by atoms with Crippen molar-refractivity contribution in [1.29, 1.82) is 0 Å². The van der Waals surface area contributed by atoms with Gasteiger partial charge in [-0.1, -0.05) is 42.5 Å². The Balaban J connectivity index is 2.41. The lowest BCUT2D eigenvalue weighted by Gasteiger charge is -2.26. The molecule has 0 aromatic heterocycles. The van der Waals surface area contributed by atoms with Crippen molar-refractivity contribution < 1.29 is 17.9 Å². The second kappa shape index (κ2) is 5.45. The first-order valence-electron chi connectivity index (χ1n) is 5.77. The van der Waals surface area contributed by atoms with Crippen LogP contribution in [0.2, 0.25) is 0 Å². The van der Waals surface area contributed by atoms with E-state index in [-0.39, 0.29) is 0 Å². The van der Waals surface area contributed by atoms with Gasteiger partial charge in [-0.3, -0.25) is 0 Å². The first kappa shape index (κ1) is 13.6. The van der Waals surface area contributed by atoms with Crippen molar-refractivity contribution in [3.63, 3.8) is 0 Å². The molecule has 0 spiro atoms. The molecule has 0 amide bonds. The molecule has 2 aromatic rings. The van der Waals surface area contributed by atoms with Gasteiger partial charge >= 0.3 is 5.92 Å². The zero-order chi connectivity index (χ0) is 13.9. The smallest absolute Gasteiger partial charge is 0.303 e. The van der Waals surface area contributed by atoms with Crippen molar-refractivity contribution in [1.82, 2.24) is 0 Å². The van der Waals surface area contributed by atoms with Crippen LogP contribution in [-0.2, 0) is 10.7 Å². The molecule has 1 unspecified atom stereocenters. The van der Waals surface area contributed by atoms with Crippen LogP contribution in [0.3, 0.4) is 0 Å². The number of hydrogen-bond acceptors (Lipinski definition) is 1. The highest BCUT2D eigenvalue weighted by atomic mass is 19.3. The molecule has 100 valence electrons. The normalized spacial score (nSPS) is 13.3. The number of halogens is 3. The van der Waals surface area contributed by atoms with Crippen molar-refractivity contribution in [2.75, 3.05) is 7.11 Å². The third-order valence-electron chi connectivity index (χ3n) is 2.88. The number of rotatable bonds is 4. The van der Waals surface area contributed by atoms with E-state index >= 15 is 0 Å². The van der Waals surface area contributed by atoms with Crippen LogP contribution in [-0.4, -0.2) is 7.11 Å². The van der Waals surface area contributed by atoms with Crippen LogP contribution in [0.1, 0.15) is 17.2 Å². The monoisotopic (exact) mass is 266 g/mol. The average Bonchev–Trinajstić information content (AvgIpc) is 2.40. The Labute approximate surface area is 109 Å². The van der Waals surface area contributed by atoms with Gasteiger partial charge in [0.25, 0.3) is 0 Å². The zero-order valence-corrected chi connectivity index (χ0v) is 10.3. The Bertz CT molecular complexity index is 540. The largest absolute Gasteiger partial charge is 0.370 e. The first-order valence-corrected chi connectivity index (χ1v) is 5.77. The van der Waals surface area contributed by atoms with Gasteiger partial charge in [-0.15, -0.1) is 0 Å². The fourth-order valence-electron chi connectivity index (χ4n) is 1.97. The molecule has 0 saturated heterocycles. The molecule has 2 rings (SSSR count). The molecule has 0 fully saturated rings. The zero-order valence-electron chi connectivity index (χ0n) is 10.3. The summed E-state index contributed by atoms with van der Waals surface area (Å²) in [6.07, 6.45) is -1.45. The van der Waals surface area contributed by atoms with Crippen LogP contribution in [0.15, 0.2) is 54.6 Å². The van der Waals surface area contributed by atoms with Crippen LogP contribution in [0.5, 0.6) is 0 Å². The van der Waals surface area contributed by atoms with Crippen LogP contribution in [0.4, 0.5) is 13.2 Å². The van der Waals surface area contributed by atoms with Gasteiger partial charge in [0.15, 0.2) is 0 Å². The lowest BCUT2D eigenvalue weighted by atomic mass is 9.97. The Morgan fingerprint density at radius 2 is 1.68 bits per heavy atom. The van der Waals surface area contributed by atoms with Crippen molar-refractivity contribution in [3.05, 3.63) is 71.5 Å². The number of ether oxygens (including phenoxy) is 1. The maximum atomic E-state index is 14.4. The molecule has 2 aromatic carbocycles. The summed E-state index contributed by atoms with van der Waals surface area (Å²) in [7, 11) is 1.21. The summed E-state index contributed by atoms with van der Waals surface area (Å²) >= 11 is 0. The molecule has 0 aliphatic rings. The number of benzene rings is 2. The summed E-state index contributed by atoms with van der Waals surface area (Å²) in [6, 6.07) is 12.6. The topological polar surface area (TPSA) is 9.23 Å². The van der Waals surface area contributed by atoms with Gasteiger partial charge in [0, 0.05) is 12.7 Å². The van der Waals surface area contributed by atoms with E-state index in [0.29, 0.717) is 5.56 Å². The minimum atomic E-state index is -3.31. The van der Waals surface area contributed by atoms with Gasteiger partial charge in [-0.05, 0) is 17.7 Å². The average molecular weight is 266 g/mol. The van der Waals surface area contributed by atoms with E-state index in [1.165, 1.54) is 19.2 Å². The van der Waals surface area contributed by atoms with Gasteiger partial charge in [0.05, 0.1) is 0 Å². The van der Waals surface area contributed by atoms with Gasteiger partial charge in [-0.25, -0.2) is 4.39 Å². The van der Waals surface area contributed by atoms with E-state index in [4.69, 9.17) is 4.74 Å². The predicted octanol–water partition coefficient (Wildman–Crippen LogP) is 4.31. The minimum absolute atomic E-state index is 0.347. The molecule has 0 saturated carbocycles. The number of alkyl halides is 2. The summed E-state index contributed by atoms with van der Waals surface area (Å²) in [6.45, 7) is 0. The maximum Gasteiger partial charge on any atom is 0.303 e. The highest BCUT2D eigenvalue weighted by Crippen LogP contribution is 2.42. The van der Waals surface area contributed by atoms with Crippen molar-refractivity contribution >= 4 is 0 Å². The second-order valence-corrected chi connectivity index (χ2v) is 4.16. The molecule has 0 heterocycles. The fourth-order valence-corrected chi connectivity index (χ4v) is 1.97. The highest BCUT2D eigenvalue weighted by molar-refractivity contribution is 5.28. The summed E-state index contributed by atoms with van der Waals surface area (Å²) in [5.41, 5.74) is -0.0533. The summed E-state index contributed by atoms with van der Waals surface area (Å²) in [4.78, 5) is 0. The first-order chi connectivity index (χ1) is 9.05. The van der Waals surface area contributed by atoms with E-state index < -0.39 is 23.4 Å². The third kappa shape index (κ3) is 2.79. The molecule has 0 radical (unpaired) electrons. The van der Waals surface area contributed by atoms with Crippen molar-refractivity contribution in [2.45, 2.75) is 12.0 Å². The summed E-state index contributed by atoms with van der Waals surface area (Å²) in [5, 5.41) is 0. The number of hydrogen-bond donors (Lipinski definition) is 0. The molecule has 19 heavy (non-hydrogen) atoms. The second-order valence-electron chi connectivity index (χ2n) is 4.16. The molecule has 0 N–H and O–H groups in total. The lowest BCUT2D eigenvalue weighted by Crippen LogP contribution is -2.25. The molecule has 1 atom stereocenters. The molecule has 0 bridgehead atoms. The van der Waals surface area contributed by atoms with Crippen molar-refractivity contribution in [3.8, 4) is 0 Å².